The lowest BCUT2D eigenvalue weighted by Crippen LogP contribution is -2.43. The van der Waals surface area contributed by atoms with Gasteiger partial charge in [-0.05, 0) is 17.7 Å². The molecule has 0 aromatic heterocycles. The SMILES string of the molecule is COc1cc(C(=O)NC[C@H](c2ccc(N(C)C)cc2)N2CCOCC2)c([N+](=O)[O-])cc1OC. The molecule has 178 valence electrons. The molecule has 0 aliphatic carbocycles. The van der Waals surface area contributed by atoms with Crippen molar-refractivity contribution >= 4 is 17.3 Å². The summed E-state index contributed by atoms with van der Waals surface area (Å²) < 4.78 is 15.9. The van der Waals surface area contributed by atoms with Crippen molar-refractivity contribution in [2.75, 3.05) is 66.1 Å². The van der Waals surface area contributed by atoms with Crippen molar-refractivity contribution in [2.24, 2.45) is 0 Å². The van der Waals surface area contributed by atoms with E-state index in [0.717, 1.165) is 24.3 Å². The molecule has 2 aromatic carbocycles. The number of benzene rings is 2. The average Bonchev–Trinajstić information content (AvgIpc) is 2.84. The van der Waals surface area contributed by atoms with E-state index in [0.29, 0.717) is 13.2 Å². The number of morpholine rings is 1. The average molecular weight is 459 g/mol. The van der Waals surface area contributed by atoms with Gasteiger partial charge >= 0.3 is 0 Å². The summed E-state index contributed by atoms with van der Waals surface area (Å²) in [5.74, 6) is -0.115. The molecule has 0 unspecified atom stereocenters. The highest BCUT2D eigenvalue weighted by Crippen LogP contribution is 2.34. The number of nitrogens with one attached hydrogen (secondary N) is 1. The van der Waals surface area contributed by atoms with E-state index >= 15 is 0 Å². The van der Waals surface area contributed by atoms with Crippen molar-refractivity contribution in [1.82, 2.24) is 10.2 Å². The predicted octanol–water partition coefficient (Wildman–Crippen LogP) is 2.48. The summed E-state index contributed by atoms with van der Waals surface area (Å²) in [4.78, 5) is 28.3. The molecule has 1 atom stereocenters. The van der Waals surface area contributed by atoms with Gasteiger partial charge < -0.3 is 24.4 Å². The molecule has 1 fully saturated rings. The van der Waals surface area contributed by atoms with Crippen molar-refractivity contribution in [2.45, 2.75) is 6.04 Å². The van der Waals surface area contributed by atoms with Crippen molar-refractivity contribution < 1.29 is 23.9 Å². The number of methoxy groups -OCH3 is 2. The summed E-state index contributed by atoms with van der Waals surface area (Å²) in [6, 6.07) is 10.6. The van der Waals surface area contributed by atoms with Crippen LogP contribution in [-0.4, -0.2) is 76.9 Å². The van der Waals surface area contributed by atoms with Gasteiger partial charge in [-0.15, -0.1) is 0 Å². The van der Waals surface area contributed by atoms with Crippen LogP contribution in [0.4, 0.5) is 11.4 Å². The molecule has 0 radical (unpaired) electrons. The second-order valence-electron chi connectivity index (χ2n) is 7.84. The molecule has 10 nitrogen and oxygen atoms in total. The summed E-state index contributed by atoms with van der Waals surface area (Å²) in [6.07, 6.45) is 0. The molecule has 0 saturated carbocycles. The number of hydrogen-bond donors (Lipinski definition) is 1. The van der Waals surface area contributed by atoms with Gasteiger partial charge in [-0.25, -0.2) is 0 Å². The van der Waals surface area contributed by atoms with Crippen LogP contribution in [-0.2, 0) is 4.74 Å². The molecule has 0 spiro atoms. The fourth-order valence-electron chi connectivity index (χ4n) is 3.83. The van der Waals surface area contributed by atoms with Gasteiger partial charge in [-0.2, -0.15) is 0 Å². The van der Waals surface area contributed by atoms with Gasteiger partial charge in [-0.1, -0.05) is 12.1 Å². The highest BCUT2D eigenvalue weighted by atomic mass is 16.6. The first kappa shape index (κ1) is 24.3. The molecule has 2 aromatic rings. The number of nitrogens with zero attached hydrogens (tertiary/aromatic N) is 3. The normalized spacial score (nSPS) is 14.9. The largest absolute Gasteiger partial charge is 0.493 e. The second kappa shape index (κ2) is 11.0. The topological polar surface area (TPSA) is 106 Å². The minimum atomic E-state index is -0.601. The second-order valence-corrected chi connectivity index (χ2v) is 7.84. The molecule has 1 heterocycles. The maximum atomic E-state index is 13.0. The summed E-state index contributed by atoms with van der Waals surface area (Å²) in [6.45, 7) is 2.97. The van der Waals surface area contributed by atoms with Crippen LogP contribution in [0.5, 0.6) is 11.5 Å². The Hall–Kier alpha value is -3.37. The van der Waals surface area contributed by atoms with Crippen molar-refractivity contribution in [3.63, 3.8) is 0 Å². The van der Waals surface area contributed by atoms with Crippen LogP contribution in [0.1, 0.15) is 22.0 Å². The van der Waals surface area contributed by atoms with Gasteiger partial charge in [0.05, 0.1) is 44.5 Å². The van der Waals surface area contributed by atoms with E-state index in [2.05, 4.69) is 10.2 Å². The number of carbonyl (C=O) groups is 1. The molecule has 1 saturated heterocycles. The molecule has 33 heavy (non-hydrogen) atoms. The Kier molecular flexibility index (Phi) is 8.07. The Morgan fingerprint density at radius 3 is 2.30 bits per heavy atom. The zero-order valence-electron chi connectivity index (χ0n) is 19.4. The standard InChI is InChI=1S/C23H30N4O6/c1-25(2)17-7-5-16(6-8-17)20(26-9-11-33-12-10-26)15-24-23(28)18-13-21(31-3)22(32-4)14-19(18)27(29)30/h5-8,13-14,20H,9-12,15H2,1-4H3,(H,24,28)/t20-/m1/s1. The van der Waals surface area contributed by atoms with Gasteiger partial charge in [0.2, 0.25) is 0 Å². The van der Waals surface area contributed by atoms with Crippen LogP contribution >= 0.6 is 0 Å². The van der Waals surface area contributed by atoms with E-state index in [1.165, 1.54) is 26.4 Å². The van der Waals surface area contributed by atoms with Gasteiger partial charge in [0, 0.05) is 45.5 Å². The lowest BCUT2D eigenvalue weighted by Gasteiger charge is -2.35. The van der Waals surface area contributed by atoms with Crippen LogP contribution in [0, 0.1) is 10.1 Å². The zero-order chi connectivity index (χ0) is 24.0. The Bertz CT molecular complexity index is 974. The Morgan fingerprint density at radius 2 is 1.76 bits per heavy atom. The van der Waals surface area contributed by atoms with Gasteiger partial charge in [0.1, 0.15) is 5.56 Å². The number of rotatable bonds is 9. The van der Waals surface area contributed by atoms with Crippen molar-refractivity contribution in [3.8, 4) is 11.5 Å². The van der Waals surface area contributed by atoms with E-state index in [9.17, 15) is 14.9 Å². The summed E-state index contributed by atoms with van der Waals surface area (Å²) >= 11 is 0. The number of hydrogen-bond acceptors (Lipinski definition) is 8. The number of anilines is 1. The predicted molar refractivity (Wildman–Crippen MR) is 124 cm³/mol. The molecule has 3 rings (SSSR count). The van der Waals surface area contributed by atoms with Crippen LogP contribution < -0.4 is 19.7 Å². The third-order valence-electron chi connectivity index (χ3n) is 5.68. The van der Waals surface area contributed by atoms with Crippen molar-refractivity contribution in [1.29, 1.82) is 0 Å². The lowest BCUT2D eigenvalue weighted by molar-refractivity contribution is -0.385. The van der Waals surface area contributed by atoms with Crippen LogP contribution in [0.3, 0.4) is 0 Å². The van der Waals surface area contributed by atoms with Crippen LogP contribution in [0.15, 0.2) is 36.4 Å². The first-order valence-corrected chi connectivity index (χ1v) is 10.6. The number of ether oxygens (including phenoxy) is 3. The highest BCUT2D eigenvalue weighted by Gasteiger charge is 2.27. The molecular formula is C23H30N4O6. The number of amides is 1. The van der Waals surface area contributed by atoms with E-state index in [1.807, 2.05) is 43.3 Å². The van der Waals surface area contributed by atoms with Gasteiger partial charge in [0.25, 0.3) is 11.6 Å². The summed E-state index contributed by atoms with van der Waals surface area (Å²) in [5, 5.41) is 14.5. The summed E-state index contributed by atoms with van der Waals surface area (Å²) in [7, 11) is 6.75. The first-order chi connectivity index (χ1) is 15.8. The van der Waals surface area contributed by atoms with Gasteiger partial charge in [0.15, 0.2) is 11.5 Å². The van der Waals surface area contributed by atoms with Gasteiger partial charge in [-0.3, -0.25) is 19.8 Å². The Morgan fingerprint density at radius 1 is 1.15 bits per heavy atom. The van der Waals surface area contributed by atoms with Crippen LogP contribution in [0.2, 0.25) is 0 Å². The smallest absolute Gasteiger partial charge is 0.286 e. The fourth-order valence-corrected chi connectivity index (χ4v) is 3.83. The molecule has 1 amide bonds. The molecule has 1 aliphatic rings. The lowest BCUT2D eigenvalue weighted by atomic mass is 10.0. The van der Waals surface area contributed by atoms with E-state index in [1.54, 1.807) is 0 Å². The quantitative estimate of drug-likeness (QED) is 0.451. The number of nitro benzene ring substituents is 1. The van der Waals surface area contributed by atoms with E-state index in [-0.39, 0.29) is 35.3 Å². The Balaban J connectivity index is 1.85. The van der Waals surface area contributed by atoms with Crippen molar-refractivity contribution in [3.05, 3.63) is 57.6 Å². The van der Waals surface area contributed by atoms with Crippen LogP contribution in [0.25, 0.3) is 0 Å². The molecule has 1 aliphatic heterocycles. The molecule has 0 bridgehead atoms. The highest BCUT2D eigenvalue weighted by molar-refractivity contribution is 5.99. The monoisotopic (exact) mass is 458 g/mol. The molecule has 1 N–H and O–H groups in total. The first-order valence-electron chi connectivity index (χ1n) is 10.6. The third-order valence-corrected chi connectivity index (χ3v) is 5.68. The minimum Gasteiger partial charge on any atom is -0.493 e. The molecule has 10 heteroatoms. The summed E-state index contributed by atoms with van der Waals surface area (Å²) in [5.41, 5.74) is 1.69. The van der Waals surface area contributed by atoms with E-state index in [4.69, 9.17) is 14.2 Å². The Labute approximate surface area is 193 Å². The molecular weight excluding hydrogens is 428 g/mol. The number of nitro groups is 1. The fraction of sp³-hybridized carbons (Fsp3) is 0.435. The third kappa shape index (κ3) is 5.71. The maximum Gasteiger partial charge on any atom is 0.286 e. The number of carbonyl (C=O) groups excluding carboxylic acids is 1. The maximum absolute atomic E-state index is 13.0. The zero-order valence-corrected chi connectivity index (χ0v) is 19.4. The van der Waals surface area contributed by atoms with E-state index < -0.39 is 10.8 Å². The minimum absolute atomic E-state index is 0.0821.